The fourth-order valence-electron chi connectivity index (χ4n) is 6.41. The fraction of sp³-hybridized carbons (Fsp3) is 0.750. The van der Waals surface area contributed by atoms with Gasteiger partial charge in [0.15, 0.2) is 0 Å². The average Bonchev–Trinajstić information content (AvgIpc) is 3.61. The first kappa shape index (κ1) is 46.2. The van der Waals surface area contributed by atoms with E-state index in [1.54, 1.807) is 24.5 Å². The number of benzene rings is 1. The summed E-state index contributed by atoms with van der Waals surface area (Å²) in [7, 11) is 3.45. The molecule has 2 rings (SSSR count). The largest absolute Gasteiger partial charge is 0.461 e. The molecule has 53 heavy (non-hydrogen) atoms. The van der Waals surface area contributed by atoms with Crippen LogP contribution in [0.1, 0.15) is 160 Å². The molecule has 1 aromatic heterocycles. The van der Waals surface area contributed by atoms with E-state index in [1.807, 2.05) is 48.9 Å². The molecule has 0 radical (unpaired) electrons. The summed E-state index contributed by atoms with van der Waals surface area (Å²) in [5, 5.41) is 0. The summed E-state index contributed by atoms with van der Waals surface area (Å²) in [6, 6.07) is 9.71. The van der Waals surface area contributed by atoms with Crippen molar-refractivity contribution in [3.8, 4) is 0 Å². The van der Waals surface area contributed by atoms with E-state index >= 15 is 0 Å². The minimum Gasteiger partial charge on any atom is -0.461 e. The number of methoxy groups -OCH3 is 1. The molecule has 0 N–H and O–H groups in total. The van der Waals surface area contributed by atoms with Crippen molar-refractivity contribution < 1.29 is 28.5 Å². The zero-order valence-electron chi connectivity index (χ0n) is 34.1. The van der Waals surface area contributed by atoms with Gasteiger partial charge in [-0.15, -0.1) is 0 Å². The van der Waals surface area contributed by atoms with Crippen LogP contribution in [0.2, 0.25) is 0 Å². The summed E-state index contributed by atoms with van der Waals surface area (Å²) < 4.78 is 24.7. The molecule has 0 aliphatic rings. The van der Waals surface area contributed by atoms with Crippen LogP contribution in [-0.2, 0) is 43.3 Å². The second-order valence-corrected chi connectivity index (χ2v) is 15.2. The third-order valence-corrected chi connectivity index (χ3v) is 10.1. The molecule has 0 spiro atoms. The van der Waals surface area contributed by atoms with Crippen LogP contribution in [0.3, 0.4) is 0 Å². The van der Waals surface area contributed by atoms with E-state index in [9.17, 15) is 9.59 Å². The topological polar surface area (TPSA) is 92.1 Å². The first-order valence-corrected chi connectivity index (χ1v) is 21.1. The van der Waals surface area contributed by atoms with Crippen LogP contribution >= 0.6 is 0 Å². The van der Waals surface area contributed by atoms with Crippen molar-refractivity contribution in [2.45, 2.75) is 174 Å². The second kappa shape index (κ2) is 30.4. The number of imidazole rings is 1. The normalized spacial score (nSPS) is 12.5. The number of nitrogens with zero attached hydrogens (tertiary/aromatic N) is 3. The molecule has 1 aromatic carbocycles. The summed E-state index contributed by atoms with van der Waals surface area (Å²) >= 11 is 0. The van der Waals surface area contributed by atoms with Gasteiger partial charge in [0.25, 0.3) is 0 Å². The van der Waals surface area contributed by atoms with E-state index in [0.717, 1.165) is 62.7 Å². The Morgan fingerprint density at radius 1 is 0.736 bits per heavy atom. The molecule has 0 aliphatic heterocycles. The van der Waals surface area contributed by atoms with E-state index in [-0.39, 0.29) is 31.7 Å². The molecular formula is C44H75N3O6. The van der Waals surface area contributed by atoms with Gasteiger partial charge in [0.05, 0.1) is 19.4 Å². The van der Waals surface area contributed by atoms with E-state index < -0.39 is 5.60 Å². The molecule has 1 heterocycles. The van der Waals surface area contributed by atoms with Crippen LogP contribution in [0, 0.1) is 0 Å². The molecule has 9 heteroatoms. The standard InChI is InChI=1S/C44H75N3O6/c1-5-6-7-8-9-10-11-12-13-14-15-16-17-18-20-26-31-46(3)43(49)53-38-44(2,50-4)37-51-33-28-22-19-21-27-32-47-39-45-35-41(47)34-42(48)52-36-40-29-24-23-25-30-40/h23-25,29-30,35,39H,5-22,26-28,31-34,36-38H2,1-4H3. The van der Waals surface area contributed by atoms with Crippen molar-refractivity contribution in [2.75, 3.05) is 40.5 Å². The van der Waals surface area contributed by atoms with Gasteiger partial charge in [-0.1, -0.05) is 153 Å². The Bertz CT molecular complexity index is 1170. The SMILES string of the molecule is CCCCCCCCCCCCCCCCCCN(C)C(=O)OCC(C)(COCCCCCCCn1cncc1CC(=O)OCc1ccccc1)OC. The predicted octanol–water partition coefficient (Wildman–Crippen LogP) is 10.9. The summed E-state index contributed by atoms with van der Waals surface area (Å²) in [6.45, 7) is 7.20. The number of hydrogen-bond donors (Lipinski definition) is 0. The van der Waals surface area contributed by atoms with Gasteiger partial charge in [0, 0.05) is 45.7 Å². The number of unbranched alkanes of at least 4 members (excludes halogenated alkanes) is 19. The van der Waals surface area contributed by atoms with Crippen molar-refractivity contribution in [1.82, 2.24) is 14.5 Å². The predicted molar refractivity (Wildman–Crippen MR) is 215 cm³/mol. The molecule has 0 saturated carbocycles. The Kier molecular flexibility index (Phi) is 26.5. The van der Waals surface area contributed by atoms with Gasteiger partial charge < -0.3 is 28.4 Å². The summed E-state index contributed by atoms with van der Waals surface area (Å²) in [6.07, 6.45) is 30.1. The minimum absolute atomic E-state index is 0.159. The molecule has 1 atom stereocenters. The van der Waals surface area contributed by atoms with Gasteiger partial charge in [-0.3, -0.25) is 4.79 Å². The molecule has 0 aliphatic carbocycles. The Morgan fingerprint density at radius 2 is 1.30 bits per heavy atom. The van der Waals surface area contributed by atoms with Crippen molar-refractivity contribution in [3.63, 3.8) is 0 Å². The molecule has 1 amide bonds. The molecular weight excluding hydrogens is 666 g/mol. The number of amides is 1. The molecule has 0 saturated heterocycles. The first-order chi connectivity index (χ1) is 25.9. The number of hydrogen-bond acceptors (Lipinski definition) is 7. The highest BCUT2D eigenvalue weighted by atomic mass is 16.6. The van der Waals surface area contributed by atoms with Gasteiger partial charge >= 0.3 is 12.1 Å². The second-order valence-electron chi connectivity index (χ2n) is 15.2. The number of carbonyl (C=O) groups excluding carboxylic acids is 2. The Morgan fingerprint density at radius 3 is 1.91 bits per heavy atom. The smallest absolute Gasteiger partial charge is 0.409 e. The number of aromatic nitrogens is 2. The molecule has 0 bridgehead atoms. The Labute approximate surface area is 322 Å². The quantitative estimate of drug-likeness (QED) is 0.0521. The molecule has 1 unspecified atom stereocenters. The van der Waals surface area contributed by atoms with E-state index in [4.69, 9.17) is 18.9 Å². The average molecular weight is 742 g/mol. The summed E-state index contributed by atoms with van der Waals surface area (Å²) in [4.78, 5) is 30.8. The van der Waals surface area contributed by atoms with E-state index in [0.29, 0.717) is 19.8 Å². The first-order valence-electron chi connectivity index (χ1n) is 21.1. The van der Waals surface area contributed by atoms with Crippen LogP contribution in [0.15, 0.2) is 42.9 Å². The third kappa shape index (κ3) is 23.5. The Balaban J connectivity index is 1.42. The van der Waals surface area contributed by atoms with Gasteiger partial charge in [-0.2, -0.15) is 0 Å². The monoisotopic (exact) mass is 742 g/mol. The lowest BCUT2D eigenvalue weighted by Crippen LogP contribution is -2.41. The summed E-state index contributed by atoms with van der Waals surface area (Å²) in [5.41, 5.74) is 1.18. The van der Waals surface area contributed by atoms with Gasteiger partial charge in [0.2, 0.25) is 0 Å². The van der Waals surface area contributed by atoms with Crippen molar-refractivity contribution >= 4 is 12.1 Å². The molecule has 302 valence electrons. The highest BCUT2D eigenvalue weighted by Crippen LogP contribution is 2.16. The van der Waals surface area contributed by atoms with Crippen LogP contribution in [0.5, 0.6) is 0 Å². The zero-order valence-corrected chi connectivity index (χ0v) is 34.1. The lowest BCUT2D eigenvalue weighted by Gasteiger charge is -2.28. The number of aryl methyl sites for hydroxylation is 1. The maximum Gasteiger partial charge on any atom is 0.409 e. The number of esters is 1. The number of ether oxygens (including phenoxy) is 4. The number of carbonyl (C=O) groups is 2. The van der Waals surface area contributed by atoms with Crippen LogP contribution in [0.25, 0.3) is 0 Å². The van der Waals surface area contributed by atoms with Crippen LogP contribution in [0.4, 0.5) is 4.79 Å². The van der Waals surface area contributed by atoms with Crippen molar-refractivity contribution in [1.29, 1.82) is 0 Å². The highest BCUT2D eigenvalue weighted by molar-refractivity contribution is 5.72. The number of rotatable bonds is 34. The van der Waals surface area contributed by atoms with Gasteiger partial charge in [0.1, 0.15) is 18.8 Å². The molecule has 2 aromatic rings. The van der Waals surface area contributed by atoms with Crippen molar-refractivity contribution in [3.05, 3.63) is 54.1 Å². The van der Waals surface area contributed by atoms with E-state index in [1.165, 1.54) is 89.9 Å². The lowest BCUT2D eigenvalue weighted by molar-refractivity contribution is -0.144. The van der Waals surface area contributed by atoms with Gasteiger partial charge in [-0.05, 0) is 31.7 Å². The zero-order chi connectivity index (χ0) is 38.2. The van der Waals surface area contributed by atoms with E-state index in [2.05, 4.69) is 11.9 Å². The van der Waals surface area contributed by atoms with Crippen molar-refractivity contribution in [2.24, 2.45) is 0 Å². The lowest BCUT2D eigenvalue weighted by atomic mass is 10.0. The molecule has 0 fully saturated rings. The van der Waals surface area contributed by atoms with Gasteiger partial charge in [-0.25, -0.2) is 9.78 Å². The van der Waals surface area contributed by atoms with Crippen LogP contribution < -0.4 is 0 Å². The minimum atomic E-state index is -0.679. The third-order valence-electron chi connectivity index (χ3n) is 10.1. The van der Waals surface area contributed by atoms with Crippen LogP contribution in [-0.4, -0.2) is 72.6 Å². The summed E-state index contributed by atoms with van der Waals surface area (Å²) in [5.74, 6) is -0.244. The maximum atomic E-state index is 12.6. The highest BCUT2D eigenvalue weighted by Gasteiger charge is 2.27. The Hall–Kier alpha value is -2.91. The fourth-order valence-corrected chi connectivity index (χ4v) is 6.41. The maximum absolute atomic E-state index is 12.6. The molecule has 9 nitrogen and oxygen atoms in total.